The van der Waals surface area contributed by atoms with E-state index in [4.69, 9.17) is 11.6 Å². The number of nitrogens with zero attached hydrogens (tertiary/aromatic N) is 2. The zero-order valence-electron chi connectivity index (χ0n) is 12.3. The average Bonchev–Trinajstić information content (AvgIpc) is 2.89. The summed E-state index contributed by atoms with van der Waals surface area (Å²) in [7, 11) is 0. The molecule has 0 aliphatic heterocycles. The molecular weight excluding hydrogens is 256 g/mol. The molecule has 1 aliphatic carbocycles. The summed E-state index contributed by atoms with van der Waals surface area (Å²) in [6.45, 7) is 7.74. The van der Waals surface area contributed by atoms with Gasteiger partial charge in [0, 0.05) is 35.7 Å². The highest BCUT2D eigenvalue weighted by Gasteiger charge is 2.25. The summed E-state index contributed by atoms with van der Waals surface area (Å²) in [6, 6.07) is 2.89. The van der Waals surface area contributed by atoms with E-state index >= 15 is 0 Å². The van der Waals surface area contributed by atoms with Crippen molar-refractivity contribution >= 4 is 17.3 Å². The van der Waals surface area contributed by atoms with Crippen LogP contribution in [0.1, 0.15) is 50.8 Å². The molecule has 19 heavy (non-hydrogen) atoms. The van der Waals surface area contributed by atoms with E-state index in [0.29, 0.717) is 17.8 Å². The molecule has 0 unspecified atom stereocenters. The van der Waals surface area contributed by atoms with Gasteiger partial charge in [0.15, 0.2) is 0 Å². The van der Waals surface area contributed by atoms with E-state index < -0.39 is 0 Å². The van der Waals surface area contributed by atoms with Gasteiger partial charge < -0.3 is 4.90 Å². The Morgan fingerprint density at radius 3 is 2.63 bits per heavy atom. The summed E-state index contributed by atoms with van der Waals surface area (Å²) in [6.07, 6.45) is 7.30. The number of hydrogen-bond acceptors (Lipinski definition) is 2. The van der Waals surface area contributed by atoms with Crippen LogP contribution in [0.2, 0.25) is 0 Å². The van der Waals surface area contributed by atoms with E-state index in [9.17, 15) is 0 Å². The molecule has 3 heteroatoms. The number of hydrogen-bond donors (Lipinski definition) is 0. The van der Waals surface area contributed by atoms with Crippen LogP contribution in [0.3, 0.4) is 0 Å². The van der Waals surface area contributed by atoms with Crippen LogP contribution in [0.4, 0.5) is 5.69 Å². The van der Waals surface area contributed by atoms with Crippen molar-refractivity contribution in [3.8, 4) is 0 Å². The fourth-order valence-electron chi connectivity index (χ4n) is 3.00. The van der Waals surface area contributed by atoms with Gasteiger partial charge in [-0.3, -0.25) is 4.98 Å². The average molecular weight is 281 g/mol. The summed E-state index contributed by atoms with van der Waals surface area (Å²) in [5.41, 5.74) is 3.55. The van der Waals surface area contributed by atoms with Crippen LogP contribution in [-0.2, 0) is 5.88 Å². The van der Waals surface area contributed by atoms with E-state index in [1.165, 1.54) is 36.9 Å². The Bertz CT molecular complexity index is 411. The van der Waals surface area contributed by atoms with Gasteiger partial charge in [0.25, 0.3) is 0 Å². The summed E-state index contributed by atoms with van der Waals surface area (Å²) in [4.78, 5) is 6.98. The highest BCUT2D eigenvalue weighted by molar-refractivity contribution is 6.17. The Balaban J connectivity index is 2.32. The van der Waals surface area contributed by atoms with Gasteiger partial charge in [-0.15, -0.1) is 11.6 Å². The molecule has 0 atom stereocenters. The summed E-state index contributed by atoms with van der Waals surface area (Å²) < 4.78 is 0. The van der Waals surface area contributed by atoms with Crippen LogP contribution in [0.25, 0.3) is 0 Å². The minimum Gasteiger partial charge on any atom is -0.368 e. The van der Waals surface area contributed by atoms with E-state index in [1.807, 2.05) is 6.20 Å². The van der Waals surface area contributed by atoms with Gasteiger partial charge in [-0.2, -0.15) is 0 Å². The van der Waals surface area contributed by atoms with Crippen molar-refractivity contribution < 1.29 is 0 Å². The topological polar surface area (TPSA) is 16.1 Å². The number of pyridine rings is 1. The first-order valence-electron chi connectivity index (χ1n) is 7.40. The lowest BCUT2D eigenvalue weighted by molar-refractivity contribution is 0.534. The Morgan fingerprint density at radius 1 is 1.37 bits per heavy atom. The van der Waals surface area contributed by atoms with Gasteiger partial charge >= 0.3 is 0 Å². The molecule has 1 aromatic heterocycles. The number of halogens is 1. The molecule has 2 nitrogen and oxygen atoms in total. The molecule has 1 heterocycles. The second-order valence-corrected chi connectivity index (χ2v) is 6.34. The molecule has 1 fully saturated rings. The van der Waals surface area contributed by atoms with Crippen molar-refractivity contribution in [2.24, 2.45) is 5.92 Å². The quantitative estimate of drug-likeness (QED) is 0.737. The van der Waals surface area contributed by atoms with E-state index in [2.05, 4.69) is 36.7 Å². The summed E-state index contributed by atoms with van der Waals surface area (Å²) in [5.74, 6) is 1.21. The largest absolute Gasteiger partial charge is 0.368 e. The molecule has 0 radical (unpaired) electrons. The van der Waals surface area contributed by atoms with Crippen molar-refractivity contribution in [1.82, 2.24) is 4.98 Å². The number of alkyl halides is 1. The lowest BCUT2D eigenvalue weighted by atomic mass is 10.1. The fourth-order valence-corrected chi connectivity index (χ4v) is 3.20. The minimum absolute atomic E-state index is 0.546. The van der Waals surface area contributed by atoms with Crippen molar-refractivity contribution in [3.63, 3.8) is 0 Å². The Kier molecular flexibility index (Phi) is 5.09. The van der Waals surface area contributed by atoms with Crippen LogP contribution in [0.5, 0.6) is 0 Å². The summed E-state index contributed by atoms with van der Waals surface area (Å²) >= 11 is 6.11. The van der Waals surface area contributed by atoms with Gasteiger partial charge in [0.1, 0.15) is 0 Å². The van der Waals surface area contributed by atoms with Crippen molar-refractivity contribution in [1.29, 1.82) is 0 Å². The SMILES string of the molecule is Cc1cc(N(CC(C)C)C2CCCC2)c(CCl)cn1. The monoisotopic (exact) mass is 280 g/mol. The zero-order chi connectivity index (χ0) is 13.8. The lowest BCUT2D eigenvalue weighted by Gasteiger charge is -2.34. The smallest absolute Gasteiger partial charge is 0.0509 e. The second-order valence-electron chi connectivity index (χ2n) is 6.07. The van der Waals surface area contributed by atoms with E-state index in [-0.39, 0.29) is 0 Å². The molecule has 0 bridgehead atoms. The molecule has 2 rings (SSSR count). The zero-order valence-corrected chi connectivity index (χ0v) is 13.1. The van der Waals surface area contributed by atoms with Crippen LogP contribution < -0.4 is 4.90 Å². The second kappa shape index (κ2) is 6.60. The van der Waals surface area contributed by atoms with Crippen molar-refractivity contribution in [2.45, 2.75) is 58.4 Å². The first-order valence-corrected chi connectivity index (χ1v) is 7.93. The van der Waals surface area contributed by atoms with Crippen LogP contribution in [-0.4, -0.2) is 17.6 Å². The maximum atomic E-state index is 6.11. The molecule has 1 aliphatic rings. The van der Waals surface area contributed by atoms with Crippen LogP contribution >= 0.6 is 11.6 Å². The molecular formula is C16H25ClN2. The van der Waals surface area contributed by atoms with Gasteiger partial charge in [-0.05, 0) is 31.7 Å². The number of rotatable bonds is 5. The molecule has 0 amide bonds. The third kappa shape index (κ3) is 3.62. The van der Waals surface area contributed by atoms with E-state index in [0.717, 1.165) is 12.2 Å². The first-order chi connectivity index (χ1) is 9.11. The maximum absolute atomic E-state index is 6.11. The fraction of sp³-hybridized carbons (Fsp3) is 0.688. The lowest BCUT2D eigenvalue weighted by Crippen LogP contribution is -2.37. The minimum atomic E-state index is 0.546. The standard InChI is InChI=1S/C16H25ClN2/c1-12(2)11-19(15-6-4-5-7-15)16-8-13(3)18-10-14(16)9-17/h8,10,12,15H,4-7,9,11H2,1-3H3. The molecule has 0 spiro atoms. The van der Waals surface area contributed by atoms with Gasteiger partial charge in [-0.1, -0.05) is 26.7 Å². The predicted molar refractivity (Wildman–Crippen MR) is 83.0 cm³/mol. The van der Waals surface area contributed by atoms with Gasteiger partial charge in [-0.25, -0.2) is 0 Å². The molecule has 0 saturated heterocycles. The van der Waals surface area contributed by atoms with Gasteiger partial charge in [0.05, 0.1) is 5.88 Å². The summed E-state index contributed by atoms with van der Waals surface area (Å²) in [5, 5.41) is 0. The number of aromatic nitrogens is 1. The van der Waals surface area contributed by atoms with Crippen molar-refractivity contribution in [3.05, 3.63) is 23.5 Å². The Hall–Kier alpha value is -0.760. The van der Waals surface area contributed by atoms with Crippen LogP contribution in [0, 0.1) is 12.8 Å². The Labute approximate surface area is 122 Å². The predicted octanol–water partition coefficient (Wildman–Crippen LogP) is 4.53. The molecule has 0 aromatic carbocycles. The highest BCUT2D eigenvalue weighted by atomic mass is 35.5. The molecule has 1 aromatic rings. The molecule has 1 saturated carbocycles. The normalized spacial score (nSPS) is 16.3. The third-order valence-corrected chi connectivity index (χ3v) is 4.17. The molecule has 106 valence electrons. The first kappa shape index (κ1) is 14.6. The van der Waals surface area contributed by atoms with E-state index in [1.54, 1.807) is 0 Å². The third-order valence-electron chi connectivity index (χ3n) is 3.88. The maximum Gasteiger partial charge on any atom is 0.0509 e. The highest BCUT2D eigenvalue weighted by Crippen LogP contribution is 2.32. The molecule has 0 N–H and O–H groups in total. The van der Waals surface area contributed by atoms with Crippen molar-refractivity contribution in [2.75, 3.05) is 11.4 Å². The Morgan fingerprint density at radius 2 is 2.05 bits per heavy atom. The van der Waals surface area contributed by atoms with Gasteiger partial charge in [0.2, 0.25) is 0 Å². The van der Waals surface area contributed by atoms with Crippen LogP contribution in [0.15, 0.2) is 12.3 Å². The number of aryl methyl sites for hydroxylation is 1. The number of anilines is 1.